The first-order chi connectivity index (χ1) is 20.1. The van der Waals surface area contributed by atoms with Crippen molar-refractivity contribution in [1.82, 2.24) is 0 Å². The molecule has 0 spiro atoms. The van der Waals surface area contributed by atoms with E-state index >= 15 is 0 Å². The standard InChI is InChI=1S/C38H46N2O2.2BrH/c1-39(2,29-31-19-23-35(24-20-31)37(41)33-15-9-7-10-16-33)27-13-5-6-14-28-40(3,4)30-32-21-25-36(26-22-32)38(42)34-17-11-8-12-18-34;;/h7-12,15-26H,5-6,13-14,27-30H2,1-4H3;2*1H/q+2;;/p-2. The zero-order chi connectivity index (χ0) is 30.0. The predicted octanol–water partition coefficient (Wildman–Crippen LogP) is 1.57. The van der Waals surface area contributed by atoms with Crippen LogP contribution >= 0.6 is 0 Å². The Morgan fingerprint density at radius 1 is 0.432 bits per heavy atom. The molecule has 0 aromatic heterocycles. The number of carbonyl (C=O) groups is 2. The van der Waals surface area contributed by atoms with Gasteiger partial charge >= 0.3 is 0 Å². The molecule has 0 bridgehead atoms. The van der Waals surface area contributed by atoms with Crippen molar-refractivity contribution >= 4 is 11.6 Å². The molecule has 0 aliphatic heterocycles. The van der Waals surface area contributed by atoms with Gasteiger partial charge in [0.2, 0.25) is 0 Å². The maximum absolute atomic E-state index is 12.7. The van der Waals surface area contributed by atoms with Gasteiger partial charge in [-0.15, -0.1) is 0 Å². The smallest absolute Gasteiger partial charge is 0.193 e. The van der Waals surface area contributed by atoms with E-state index in [0.717, 1.165) is 57.4 Å². The van der Waals surface area contributed by atoms with Crippen molar-refractivity contribution in [2.45, 2.75) is 38.8 Å². The molecule has 4 aromatic rings. The summed E-state index contributed by atoms with van der Waals surface area (Å²) in [5.74, 6) is 0.150. The van der Waals surface area contributed by atoms with Gasteiger partial charge < -0.3 is 42.9 Å². The van der Waals surface area contributed by atoms with Crippen LogP contribution in [-0.4, -0.2) is 61.8 Å². The van der Waals surface area contributed by atoms with Crippen molar-refractivity contribution < 1.29 is 52.5 Å². The molecule has 44 heavy (non-hydrogen) atoms. The van der Waals surface area contributed by atoms with Crippen molar-refractivity contribution in [3.63, 3.8) is 0 Å². The second kappa shape index (κ2) is 17.6. The molecule has 6 heteroatoms. The first-order valence-electron chi connectivity index (χ1n) is 15.1. The maximum Gasteiger partial charge on any atom is 0.193 e. The van der Waals surface area contributed by atoms with Gasteiger partial charge in [0.25, 0.3) is 0 Å². The van der Waals surface area contributed by atoms with Gasteiger partial charge in [-0.25, -0.2) is 0 Å². The van der Waals surface area contributed by atoms with E-state index in [1.807, 2.05) is 84.9 Å². The Kier molecular flexibility index (Phi) is 14.9. The molecule has 0 amide bonds. The molecule has 234 valence electrons. The van der Waals surface area contributed by atoms with E-state index in [-0.39, 0.29) is 45.5 Å². The monoisotopic (exact) mass is 720 g/mol. The number of unbranched alkanes of at least 4 members (excludes halogenated alkanes) is 3. The van der Waals surface area contributed by atoms with Crippen LogP contribution in [0.3, 0.4) is 0 Å². The van der Waals surface area contributed by atoms with Crippen molar-refractivity contribution in [2.24, 2.45) is 0 Å². The Morgan fingerprint density at radius 3 is 1.05 bits per heavy atom. The van der Waals surface area contributed by atoms with Gasteiger partial charge in [-0.3, -0.25) is 9.59 Å². The van der Waals surface area contributed by atoms with Crippen LogP contribution in [0.4, 0.5) is 0 Å². The summed E-state index contributed by atoms with van der Waals surface area (Å²) in [5.41, 5.74) is 5.48. The summed E-state index contributed by atoms with van der Waals surface area (Å²) in [6.07, 6.45) is 4.90. The molecule has 0 saturated carbocycles. The molecule has 0 aliphatic carbocycles. The number of benzene rings is 4. The summed E-state index contributed by atoms with van der Waals surface area (Å²) in [5, 5.41) is 0. The Morgan fingerprint density at radius 2 is 0.727 bits per heavy atom. The quantitative estimate of drug-likeness (QED) is 0.106. The zero-order valence-corrected chi connectivity index (χ0v) is 29.7. The van der Waals surface area contributed by atoms with E-state index in [0.29, 0.717) is 0 Å². The average molecular weight is 723 g/mol. The summed E-state index contributed by atoms with van der Waals surface area (Å²) >= 11 is 0. The fraction of sp³-hybridized carbons (Fsp3) is 0.316. The number of hydrogen-bond donors (Lipinski definition) is 0. The number of ketones is 2. The van der Waals surface area contributed by atoms with Gasteiger partial charge in [-0.2, -0.15) is 0 Å². The SMILES string of the molecule is C[N+](C)(CCCCCC[N+](C)(C)Cc1ccc(C(=O)c2ccccc2)cc1)Cc1ccc(C(=O)c2ccccc2)cc1.[Br-].[Br-]. The molecule has 4 rings (SSSR count). The lowest BCUT2D eigenvalue weighted by Gasteiger charge is -2.31. The molecular weight excluding hydrogens is 676 g/mol. The van der Waals surface area contributed by atoms with Crippen LogP contribution in [0.5, 0.6) is 0 Å². The summed E-state index contributed by atoms with van der Waals surface area (Å²) < 4.78 is 1.88. The van der Waals surface area contributed by atoms with Gasteiger partial charge in [0.05, 0.1) is 41.3 Å². The molecule has 0 unspecified atom stereocenters. The van der Waals surface area contributed by atoms with Gasteiger partial charge in [-0.05, 0) is 25.7 Å². The third kappa shape index (κ3) is 11.6. The van der Waals surface area contributed by atoms with Gasteiger partial charge in [0, 0.05) is 33.4 Å². The molecular formula is C38H46Br2N2O2. The zero-order valence-electron chi connectivity index (χ0n) is 26.5. The lowest BCUT2D eigenvalue weighted by atomic mass is 10.0. The van der Waals surface area contributed by atoms with Crippen LogP contribution in [0.15, 0.2) is 109 Å². The first-order valence-corrected chi connectivity index (χ1v) is 15.1. The minimum atomic E-state index is 0. The predicted molar refractivity (Wildman–Crippen MR) is 172 cm³/mol. The van der Waals surface area contributed by atoms with Gasteiger partial charge in [0.1, 0.15) is 13.1 Å². The molecule has 0 saturated heterocycles. The van der Waals surface area contributed by atoms with E-state index in [9.17, 15) is 9.59 Å². The highest BCUT2D eigenvalue weighted by Gasteiger charge is 2.18. The Hall–Kier alpha value is -2.90. The largest absolute Gasteiger partial charge is 1.00 e. The van der Waals surface area contributed by atoms with Crippen LogP contribution in [0.25, 0.3) is 0 Å². The normalized spacial score (nSPS) is 11.3. The minimum absolute atomic E-state index is 0. The van der Waals surface area contributed by atoms with Crippen LogP contribution in [0.2, 0.25) is 0 Å². The van der Waals surface area contributed by atoms with Crippen molar-refractivity contribution in [3.8, 4) is 0 Å². The number of rotatable bonds is 15. The van der Waals surface area contributed by atoms with Crippen LogP contribution in [0.1, 0.15) is 68.7 Å². The molecule has 0 N–H and O–H groups in total. The van der Waals surface area contributed by atoms with Crippen molar-refractivity contribution in [2.75, 3.05) is 41.3 Å². The molecule has 0 fully saturated rings. The third-order valence-corrected chi connectivity index (χ3v) is 8.00. The number of carbonyl (C=O) groups excluding carboxylic acids is 2. The molecule has 0 radical (unpaired) electrons. The highest BCUT2D eigenvalue weighted by atomic mass is 79.9. The van der Waals surface area contributed by atoms with Crippen LogP contribution < -0.4 is 34.0 Å². The number of quaternary nitrogens is 2. The van der Waals surface area contributed by atoms with E-state index in [2.05, 4.69) is 52.5 Å². The lowest BCUT2D eigenvalue weighted by Crippen LogP contribution is -3.00. The highest BCUT2D eigenvalue weighted by molar-refractivity contribution is 6.09. The third-order valence-electron chi connectivity index (χ3n) is 8.00. The number of nitrogens with zero attached hydrogens (tertiary/aromatic N) is 2. The van der Waals surface area contributed by atoms with Crippen LogP contribution in [-0.2, 0) is 13.1 Å². The molecule has 4 nitrogen and oxygen atoms in total. The first kappa shape index (κ1) is 37.3. The maximum atomic E-state index is 12.7. The fourth-order valence-corrected chi connectivity index (χ4v) is 5.62. The number of halogens is 2. The van der Waals surface area contributed by atoms with Gasteiger partial charge in [-0.1, -0.05) is 109 Å². The Labute approximate surface area is 285 Å². The highest BCUT2D eigenvalue weighted by Crippen LogP contribution is 2.18. The van der Waals surface area contributed by atoms with E-state index in [1.54, 1.807) is 0 Å². The summed E-state index contributed by atoms with van der Waals surface area (Å²) in [4.78, 5) is 25.4. The summed E-state index contributed by atoms with van der Waals surface area (Å²) in [6.45, 7) is 4.19. The second-order valence-electron chi connectivity index (χ2n) is 12.8. The summed E-state index contributed by atoms with van der Waals surface area (Å²) in [6, 6.07) is 35.2. The van der Waals surface area contributed by atoms with E-state index in [1.165, 1.54) is 36.8 Å². The Balaban J connectivity index is 0.00000337. The molecule has 0 atom stereocenters. The topological polar surface area (TPSA) is 34.1 Å². The Bertz CT molecular complexity index is 1320. The van der Waals surface area contributed by atoms with Gasteiger partial charge in [0.15, 0.2) is 11.6 Å². The molecule has 0 heterocycles. The summed E-state index contributed by atoms with van der Waals surface area (Å²) in [7, 11) is 9.17. The van der Waals surface area contributed by atoms with Crippen molar-refractivity contribution in [3.05, 3.63) is 143 Å². The van der Waals surface area contributed by atoms with E-state index in [4.69, 9.17) is 0 Å². The van der Waals surface area contributed by atoms with E-state index < -0.39 is 0 Å². The molecule has 4 aromatic carbocycles. The lowest BCUT2D eigenvalue weighted by molar-refractivity contribution is -0.904. The fourth-order valence-electron chi connectivity index (χ4n) is 5.62. The van der Waals surface area contributed by atoms with Crippen molar-refractivity contribution in [1.29, 1.82) is 0 Å². The number of hydrogen-bond acceptors (Lipinski definition) is 2. The molecule has 0 aliphatic rings. The second-order valence-corrected chi connectivity index (χ2v) is 12.8. The minimum Gasteiger partial charge on any atom is -1.00 e. The average Bonchev–Trinajstić information content (AvgIpc) is 2.99. The van der Waals surface area contributed by atoms with Crippen LogP contribution in [0, 0.1) is 0 Å².